The Morgan fingerprint density at radius 1 is 1.03 bits per heavy atom. The first kappa shape index (κ1) is 21.4. The van der Waals surface area contributed by atoms with Gasteiger partial charge >= 0.3 is 0 Å². The van der Waals surface area contributed by atoms with Crippen LogP contribution in [0.15, 0.2) is 41.3 Å². The lowest BCUT2D eigenvalue weighted by atomic mass is 10.1. The van der Waals surface area contributed by atoms with Gasteiger partial charge in [0, 0.05) is 32.2 Å². The lowest BCUT2D eigenvalue weighted by Crippen LogP contribution is -2.49. The Morgan fingerprint density at radius 2 is 1.70 bits per heavy atom. The van der Waals surface area contributed by atoms with Gasteiger partial charge in [-0.3, -0.25) is 4.79 Å². The number of halogens is 3. The summed E-state index contributed by atoms with van der Waals surface area (Å²) in [5, 5.41) is 0.0565. The Kier molecular flexibility index (Phi) is 5.94. The van der Waals surface area contributed by atoms with Crippen molar-refractivity contribution in [1.82, 2.24) is 9.62 Å². The molecule has 1 heterocycles. The molecule has 0 radical (unpaired) electrons. The highest BCUT2D eigenvalue weighted by molar-refractivity contribution is 7.89. The van der Waals surface area contributed by atoms with Crippen molar-refractivity contribution in [1.29, 1.82) is 0 Å². The number of hydrogen-bond acceptors (Lipinski definition) is 4. The molecule has 0 unspecified atom stereocenters. The third-order valence-electron chi connectivity index (χ3n) is 5.20. The lowest BCUT2D eigenvalue weighted by Gasteiger charge is -2.36. The minimum atomic E-state index is -3.84. The van der Waals surface area contributed by atoms with Gasteiger partial charge in [-0.1, -0.05) is 35.3 Å². The molecule has 0 aromatic heterocycles. The summed E-state index contributed by atoms with van der Waals surface area (Å²) < 4.78 is 41.8. The standard InChI is InChI=1S/C20H20Cl2FN3O3S/c21-15-12-16(22)19(30(28,29)24-13-5-6-13)11-14(15)20(27)26-9-7-25(8-10-26)18-4-2-1-3-17(18)23/h1-4,11-13,24H,5-10H2. The average Bonchev–Trinajstić information content (AvgIpc) is 3.51. The van der Waals surface area contributed by atoms with Crippen LogP contribution in [0.25, 0.3) is 0 Å². The molecule has 1 N–H and O–H groups in total. The molecule has 0 atom stereocenters. The number of sulfonamides is 1. The maximum absolute atomic E-state index is 14.0. The van der Waals surface area contributed by atoms with E-state index < -0.39 is 10.0 Å². The first-order valence-corrected chi connectivity index (χ1v) is 11.8. The molecule has 4 rings (SSSR count). The number of rotatable bonds is 5. The smallest absolute Gasteiger partial charge is 0.255 e. The number of piperazine rings is 1. The van der Waals surface area contributed by atoms with Gasteiger partial charge in [-0.25, -0.2) is 17.5 Å². The highest BCUT2D eigenvalue weighted by atomic mass is 35.5. The van der Waals surface area contributed by atoms with Crippen LogP contribution < -0.4 is 9.62 Å². The molecule has 1 saturated heterocycles. The van der Waals surface area contributed by atoms with Gasteiger partial charge in [0.05, 0.1) is 21.3 Å². The quantitative estimate of drug-likeness (QED) is 0.723. The predicted octanol–water partition coefficient (Wildman–Crippen LogP) is 3.54. The van der Waals surface area contributed by atoms with E-state index in [2.05, 4.69) is 4.72 Å². The van der Waals surface area contributed by atoms with E-state index in [0.717, 1.165) is 12.8 Å². The Labute approximate surface area is 184 Å². The average molecular weight is 472 g/mol. The SMILES string of the molecule is O=C(c1cc(S(=O)(=O)NC2CC2)c(Cl)cc1Cl)N1CCN(c2ccccc2F)CC1. The van der Waals surface area contributed by atoms with Crippen molar-refractivity contribution in [2.45, 2.75) is 23.8 Å². The second-order valence-corrected chi connectivity index (χ2v) is 9.89. The van der Waals surface area contributed by atoms with E-state index in [4.69, 9.17) is 23.2 Å². The van der Waals surface area contributed by atoms with E-state index >= 15 is 0 Å². The van der Waals surface area contributed by atoms with Crippen molar-refractivity contribution in [2.75, 3.05) is 31.1 Å². The molecule has 2 fully saturated rings. The van der Waals surface area contributed by atoms with Crippen LogP contribution in [-0.2, 0) is 10.0 Å². The summed E-state index contributed by atoms with van der Waals surface area (Å²) in [5.41, 5.74) is 0.574. The van der Waals surface area contributed by atoms with Crippen LogP contribution in [-0.4, -0.2) is 51.4 Å². The molecule has 0 spiro atoms. The van der Waals surface area contributed by atoms with E-state index in [9.17, 15) is 17.6 Å². The highest BCUT2D eigenvalue weighted by Gasteiger charge is 2.31. The van der Waals surface area contributed by atoms with Crippen molar-refractivity contribution in [3.8, 4) is 0 Å². The van der Waals surface area contributed by atoms with Crippen LogP contribution in [0, 0.1) is 5.82 Å². The number of benzene rings is 2. The van der Waals surface area contributed by atoms with E-state index in [0.29, 0.717) is 31.9 Å². The van der Waals surface area contributed by atoms with Gasteiger partial charge in [-0.15, -0.1) is 0 Å². The summed E-state index contributed by atoms with van der Waals surface area (Å²) in [6, 6.07) is 8.93. The van der Waals surface area contributed by atoms with E-state index in [1.165, 1.54) is 18.2 Å². The number of carbonyl (C=O) groups excluding carboxylic acids is 1. The largest absolute Gasteiger partial charge is 0.366 e. The first-order valence-electron chi connectivity index (χ1n) is 9.56. The van der Waals surface area contributed by atoms with Gasteiger partial charge in [-0.2, -0.15) is 0 Å². The monoisotopic (exact) mass is 471 g/mol. The summed E-state index contributed by atoms with van der Waals surface area (Å²) in [6.07, 6.45) is 1.56. The molecule has 1 aliphatic carbocycles. The Hall–Kier alpha value is -1.87. The highest BCUT2D eigenvalue weighted by Crippen LogP contribution is 2.31. The number of amides is 1. The van der Waals surface area contributed by atoms with Crippen LogP contribution in [0.1, 0.15) is 23.2 Å². The van der Waals surface area contributed by atoms with Crippen LogP contribution in [0.3, 0.4) is 0 Å². The summed E-state index contributed by atoms with van der Waals surface area (Å²) in [5.74, 6) is -0.691. The molecule has 30 heavy (non-hydrogen) atoms. The maximum Gasteiger partial charge on any atom is 0.255 e. The van der Waals surface area contributed by atoms with Gasteiger partial charge in [-0.05, 0) is 37.1 Å². The molecule has 10 heteroatoms. The van der Waals surface area contributed by atoms with E-state index in [1.54, 1.807) is 23.1 Å². The number of carbonyl (C=O) groups is 1. The number of hydrogen-bond donors (Lipinski definition) is 1. The van der Waals surface area contributed by atoms with Crippen LogP contribution in [0.2, 0.25) is 10.0 Å². The molecule has 1 aliphatic heterocycles. The third kappa shape index (κ3) is 4.42. The van der Waals surface area contributed by atoms with Crippen LogP contribution in [0.5, 0.6) is 0 Å². The predicted molar refractivity (Wildman–Crippen MR) is 114 cm³/mol. The Morgan fingerprint density at radius 3 is 2.33 bits per heavy atom. The summed E-state index contributed by atoms with van der Waals surface area (Å²) in [6.45, 7) is 1.61. The van der Waals surface area contributed by atoms with Crippen molar-refractivity contribution in [3.05, 3.63) is 57.8 Å². The van der Waals surface area contributed by atoms with Crippen molar-refractivity contribution in [3.63, 3.8) is 0 Å². The van der Waals surface area contributed by atoms with Crippen molar-refractivity contribution < 1.29 is 17.6 Å². The molecule has 1 amide bonds. The number of anilines is 1. The molecule has 0 bridgehead atoms. The molecule has 6 nitrogen and oxygen atoms in total. The molecular weight excluding hydrogens is 452 g/mol. The van der Waals surface area contributed by atoms with Gasteiger partial charge in [0.15, 0.2) is 0 Å². The molecule has 2 aromatic rings. The third-order valence-corrected chi connectivity index (χ3v) is 7.50. The van der Waals surface area contributed by atoms with Gasteiger partial charge < -0.3 is 9.80 Å². The van der Waals surface area contributed by atoms with E-state index in [-0.39, 0.29) is 38.3 Å². The zero-order valence-electron chi connectivity index (χ0n) is 15.9. The normalized spacial score (nSPS) is 17.3. The van der Waals surface area contributed by atoms with E-state index in [1.807, 2.05) is 4.90 Å². The summed E-state index contributed by atoms with van der Waals surface area (Å²) in [4.78, 5) is 16.3. The lowest BCUT2D eigenvalue weighted by molar-refractivity contribution is 0.0746. The summed E-state index contributed by atoms with van der Waals surface area (Å²) >= 11 is 12.3. The zero-order valence-corrected chi connectivity index (χ0v) is 18.3. The maximum atomic E-state index is 14.0. The number of nitrogens with zero attached hydrogens (tertiary/aromatic N) is 2. The van der Waals surface area contributed by atoms with Gasteiger partial charge in [0.2, 0.25) is 10.0 Å². The molecule has 160 valence electrons. The number of nitrogens with one attached hydrogen (secondary N) is 1. The Balaban J connectivity index is 1.52. The minimum absolute atomic E-state index is 0.0333. The fourth-order valence-electron chi connectivity index (χ4n) is 3.41. The van der Waals surface area contributed by atoms with Crippen LogP contribution >= 0.6 is 23.2 Å². The van der Waals surface area contributed by atoms with Crippen molar-refractivity contribution in [2.24, 2.45) is 0 Å². The molecule has 1 saturated carbocycles. The molecule has 2 aromatic carbocycles. The molecular formula is C20H20Cl2FN3O3S. The molecule has 2 aliphatic rings. The van der Waals surface area contributed by atoms with Gasteiger partial charge in [0.25, 0.3) is 5.91 Å². The topological polar surface area (TPSA) is 69.7 Å². The summed E-state index contributed by atoms with van der Waals surface area (Å²) in [7, 11) is -3.84. The number of para-hydroxylation sites is 1. The second-order valence-electron chi connectivity index (χ2n) is 7.39. The fourth-order valence-corrected chi connectivity index (χ4v) is 5.57. The minimum Gasteiger partial charge on any atom is -0.366 e. The fraction of sp³-hybridized carbons (Fsp3) is 0.350. The first-order chi connectivity index (χ1) is 14.3. The van der Waals surface area contributed by atoms with Crippen molar-refractivity contribution >= 4 is 44.8 Å². The van der Waals surface area contributed by atoms with Crippen LogP contribution in [0.4, 0.5) is 10.1 Å². The Bertz CT molecular complexity index is 1080. The van der Waals surface area contributed by atoms with Gasteiger partial charge in [0.1, 0.15) is 10.7 Å². The second kappa shape index (κ2) is 8.34. The zero-order chi connectivity index (χ0) is 21.5.